The summed E-state index contributed by atoms with van der Waals surface area (Å²) in [6.07, 6.45) is 9.52. The van der Waals surface area contributed by atoms with E-state index in [-0.39, 0.29) is 41.8 Å². The maximum Gasteiger partial charge on any atom is 0.310 e. The van der Waals surface area contributed by atoms with Crippen LogP contribution in [0.2, 0.25) is 0 Å². The van der Waals surface area contributed by atoms with Crippen LogP contribution in [-0.2, 0) is 19.1 Å². The molecule has 0 spiro atoms. The molecule has 0 amide bonds. The molecule has 0 heterocycles. The standard InChI is InChI=1S/C25H40O5/c1-16-8-9-20-24(5)12-7-11-23(3,4)19(24)10-13-25(20,6)21(16)22(28)30-15-18(27)14-29-17(2)26/h8-9,16,18-21,27H,7,10-15H2,1-6H3/t16?,18?,19?,20?,21-,24-,25+/m1/s1. The molecule has 5 heteroatoms. The molecule has 3 aliphatic rings. The highest BCUT2D eigenvalue weighted by molar-refractivity contribution is 5.74. The number of rotatable bonds is 5. The highest BCUT2D eigenvalue weighted by Crippen LogP contribution is 2.67. The molecule has 30 heavy (non-hydrogen) atoms. The molecule has 4 unspecified atom stereocenters. The van der Waals surface area contributed by atoms with Crippen molar-refractivity contribution in [2.45, 2.75) is 79.8 Å². The lowest BCUT2D eigenvalue weighted by molar-refractivity contribution is -0.176. The minimum absolute atomic E-state index is 0.0983. The van der Waals surface area contributed by atoms with Gasteiger partial charge in [-0.15, -0.1) is 0 Å². The van der Waals surface area contributed by atoms with E-state index in [2.05, 4.69) is 46.8 Å². The first-order valence-corrected chi connectivity index (χ1v) is 11.6. The van der Waals surface area contributed by atoms with Gasteiger partial charge in [0, 0.05) is 6.92 Å². The maximum absolute atomic E-state index is 13.2. The van der Waals surface area contributed by atoms with E-state index >= 15 is 0 Å². The van der Waals surface area contributed by atoms with Crippen molar-refractivity contribution in [2.24, 2.45) is 39.9 Å². The van der Waals surface area contributed by atoms with Crippen molar-refractivity contribution in [3.8, 4) is 0 Å². The van der Waals surface area contributed by atoms with Gasteiger partial charge in [0.2, 0.25) is 0 Å². The van der Waals surface area contributed by atoms with E-state index in [4.69, 9.17) is 9.47 Å². The van der Waals surface area contributed by atoms with E-state index in [1.807, 2.05) is 0 Å². The molecule has 0 aromatic rings. The van der Waals surface area contributed by atoms with E-state index in [9.17, 15) is 14.7 Å². The molecule has 7 atom stereocenters. The number of carbonyl (C=O) groups is 2. The Balaban J connectivity index is 1.78. The monoisotopic (exact) mass is 420 g/mol. The number of carbonyl (C=O) groups excluding carboxylic acids is 2. The summed E-state index contributed by atoms with van der Waals surface area (Å²) in [5, 5.41) is 9.99. The lowest BCUT2D eigenvalue weighted by Crippen LogP contribution is -2.59. The first-order chi connectivity index (χ1) is 13.9. The zero-order valence-electron chi connectivity index (χ0n) is 19.6. The van der Waals surface area contributed by atoms with Crippen molar-refractivity contribution in [1.82, 2.24) is 0 Å². The van der Waals surface area contributed by atoms with Crippen LogP contribution >= 0.6 is 0 Å². The number of allylic oxidation sites excluding steroid dienone is 2. The second-order valence-electron chi connectivity index (χ2n) is 11.2. The van der Waals surface area contributed by atoms with Crippen LogP contribution in [0.4, 0.5) is 0 Å². The third-order valence-electron chi connectivity index (χ3n) is 8.66. The molecule has 0 radical (unpaired) electrons. The van der Waals surface area contributed by atoms with Crippen molar-refractivity contribution in [3.63, 3.8) is 0 Å². The molecule has 0 aliphatic heterocycles. The smallest absolute Gasteiger partial charge is 0.310 e. The molecule has 0 bridgehead atoms. The van der Waals surface area contributed by atoms with Gasteiger partial charge >= 0.3 is 11.9 Å². The van der Waals surface area contributed by atoms with Gasteiger partial charge in [-0.25, -0.2) is 0 Å². The van der Waals surface area contributed by atoms with Crippen LogP contribution in [0.15, 0.2) is 12.2 Å². The molecule has 2 saturated carbocycles. The van der Waals surface area contributed by atoms with Gasteiger partial charge in [0.15, 0.2) is 0 Å². The SMILES string of the molecule is CC(=O)OCC(O)COC(=O)[C@H]1C(C)C=CC2[C@]3(C)CCCC(C)(C)C3CC[C@@]21C. The highest BCUT2D eigenvalue weighted by atomic mass is 16.6. The maximum atomic E-state index is 13.2. The topological polar surface area (TPSA) is 72.8 Å². The summed E-state index contributed by atoms with van der Waals surface area (Å²) >= 11 is 0. The van der Waals surface area contributed by atoms with E-state index in [0.29, 0.717) is 17.3 Å². The average molecular weight is 421 g/mol. The average Bonchev–Trinajstić information content (AvgIpc) is 2.63. The van der Waals surface area contributed by atoms with Crippen LogP contribution in [0.1, 0.15) is 73.6 Å². The van der Waals surface area contributed by atoms with Gasteiger partial charge < -0.3 is 14.6 Å². The number of aliphatic hydroxyl groups is 1. The molecule has 1 N–H and O–H groups in total. The first kappa shape index (κ1) is 23.3. The van der Waals surface area contributed by atoms with Gasteiger partial charge in [0.1, 0.15) is 19.3 Å². The third-order valence-corrected chi connectivity index (χ3v) is 8.66. The Labute approximate surface area is 181 Å². The lowest BCUT2D eigenvalue weighted by atomic mass is 9.40. The Bertz CT molecular complexity index is 698. The summed E-state index contributed by atoms with van der Waals surface area (Å²) < 4.78 is 10.4. The predicted octanol–water partition coefficient (Wildman–Crippen LogP) is 4.52. The van der Waals surface area contributed by atoms with Crippen LogP contribution in [0.5, 0.6) is 0 Å². The van der Waals surface area contributed by atoms with E-state index in [0.717, 1.165) is 12.8 Å². The van der Waals surface area contributed by atoms with Gasteiger partial charge in [-0.2, -0.15) is 0 Å². The number of ether oxygens (including phenoxy) is 2. The number of aliphatic hydroxyl groups excluding tert-OH is 1. The molecule has 170 valence electrons. The number of fused-ring (bicyclic) bond motifs is 3. The van der Waals surface area contributed by atoms with Crippen LogP contribution in [0, 0.1) is 39.9 Å². The lowest BCUT2D eigenvalue weighted by Gasteiger charge is -2.64. The second kappa shape index (κ2) is 8.29. The van der Waals surface area contributed by atoms with Crippen molar-refractivity contribution in [3.05, 3.63) is 12.2 Å². The molecular formula is C25H40O5. The Kier molecular flexibility index (Phi) is 6.44. The Morgan fingerprint density at radius 3 is 2.37 bits per heavy atom. The Morgan fingerprint density at radius 2 is 1.70 bits per heavy atom. The molecule has 3 aliphatic carbocycles. The normalized spacial score (nSPS) is 40.6. The van der Waals surface area contributed by atoms with Gasteiger partial charge in [-0.1, -0.05) is 53.2 Å². The van der Waals surface area contributed by atoms with Gasteiger partial charge in [0.25, 0.3) is 0 Å². The molecular weight excluding hydrogens is 380 g/mol. The number of hydrogen-bond donors (Lipinski definition) is 1. The molecule has 2 fully saturated rings. The summed E-state index contributed by atoms with van der Waals surface area (Å²) in [4.78, 5) is 24.1. The fourth-order valence-electron chi connectivity index (χ4n) is 7.42. The van der Waals surface area contributed by atoms with Gasteiger partial charge in [-0.3, -0.25) is 9.59 Å². The van der Waals surface area contributed by atoms with E-state index < -0.39 is 12.1 Å². The largest absolute Gasteiger partial charge is 0.463 e. The van der Waals surface area contributed by atoms with Crippen molar-refractivity contribution < 1.29 is 24.2 Å². The summed E-state index contributed by atoms with van der Waals surface area (Å²) in [5.74, 6) is 0.193. The van der Waals surface area contributed by atoms with Crippen molar-refractivity contribution in [2.75, 3.05) is 13.2 Å². The Morgan fingerprint density at radius 1 is 1.03 bits per heavy atom. The molecule has 5 nitrogen and oxygen atoms in total. The first-order valence-electron chi connectivity index (χ1n) is 11.6. The summed E-state index contributed by atoms with van der Waals surface area (Å²) in [7, 11) is 0. The fraction of sp³-hybridized carbons (Fsp3) is 0.840. The van der Waals surface area contributed by atoms with Crippen LogP contribution in [0.3, 0.4) is 0 Å². The van der Waals surface area contributed by atoms with Crippen LogP contribution in [-0.4, -0.2) is 36.4 Å². The zero-order chi connectivity index (χ0) is 22.3. The van der Waals surface area contributed by atoms with Crippen molar-refractivity contribution >= 4 is 11.9 Å². The predicted molar refractivity (Wildman–Crippen MR) is 115 cm³/mol. The Hall–Kier alpha value is -1.36. The quantitative estimate of drug-likeness (QED) is 0.523. The van der Waals surface area contributed by atoms with Crippen LogP contribution in [0.25, 0.3) is 0 Å². The van der Waals surface area contributed by atoms with E-state index in [1.54, 1.807) is 0 Å². The fourth-order valence-corrected chi connectivity index (χ4v) is 7.42. The highest BCUT2D eigenvalue weighted by Gasteiger charge is 2.62. The summed E-state index contributed by atoms with van der Waals surface area (Å²) in [6.45, 7) is 12.7. The summed E-state index contributed by atoms with van der Waals surface area (Å²) in [6, 6.07) is 0. The third kappa shape index (κ3) is 4.06. The molecule has 0 saturated heterocycles. The molecule has 0 aromatic carbocycles. The second-order valence-corrected chi connectivity index (χ2v) is 11.2. The number of hydrogen-bond acceptors (Lipinski definition) is 5. The van der Waals surface area contributed by atoms with Crippen molar-refractivity contribution in [1.29, 1.82) is 0 Å². The minimum Gasteiger partial charge on any atom is -0.463 e. The summed E-state index contributed by atoms with van der Waals surface area (Å²) in [5.41, 5.74) is 0.381. The van der Waals surface area contributed by atoms with Gasteiger partial charge in [-0.05, 0) is 59.7 Å². The number of esters is 2. The minimum atomic E-state index is -0.997. The zero-order valence-corrected chi connectivity index (χ0v) is 19.6. The van der Waals surface area contributed by atoms with Gasteiger partial charge in [0.05, 0.1) is 5.92 Å². The van der Waals surface area contributed by atoms with Crippen LogP contribution < -0.4 is 0 Å². The van der Waals surface area contributed by atoms with E-state index in [1.165, 1.54) is 26.2 Å². The molecule has 3 rings (SSSR count). The molecule has 0 aromatic heterocycles.